The van der Waals surface area contributed by atoms with Gasteiger partial charge >= 0.3 is 0 Å². The lowest BCUT2D eigenvalue weighted by atomic mass is 10.0. The summed E-state index contributed by atoms with van der Waals surface area (Å²) in [6, 6.07) is 2.34. The highest BCUT2D eigenvalue weighted by Gasteiger charge is 2.29. The molecule has 0 bridgehead atoms. The van der Waals surface area contributed by atoms with Gasteiger partial charge < -0.3 is 15.5 Å². The molecular weight excluding hydrogens is 316 g/mol. The zero-order valence-electron chi connectivity index (χ0n) is 13.9. The summed E-state index contributed by atoms with van der Waals surface area (Å²) in [5, 5.41) is 5.68. The quantitative estimate of drug-likeness (QED) is 0.828. The van der Waals surface area contributed by atoms with E-state index in [-0.39, 0.29) is 23.8 Å². The lowest BCUT2D eigenvalue weighted by Gasteiger charge is -2.23. The van der Waals surface area contributed by atoms with E-state index in [1.54, 1.807) is 4.90 Å². The van der Waals surface area contributed by atoms with Gasteiger partial charge in [-0.15, -0.1) is 0 Å². The molecule has 1 heterocycles. The van der Waals surface area contributed by atoms with Crippen molar-refractivity contribution < 1.29 is 18.4 Å². The molecule has 2 rings (SSSR count). The first-order valence-corrected chi connectivity index (χ1v) is 8.05. The third-order valence-electron chi connectivity index (χ3n) is 4.23. The van der Waals surface area contributed by atoms with Crippen molar-refractivity contribution in [3.8, 4) is 0 Å². The number of nitrogens with one attached hydrogen (secondary N) is 2. The molecule has 1 aromatic rings. The van der Waals surface area contributed by atoms with Gasteiger partial charge in [-0.25, -0.2) is 8.78 Å². The minimum absolute atomic E-state index is 0.0472. The van der Waals surface area contributed by atoms with E-state index in [0.29, 0.717) is 19.0 Å². The van der Waals surface area contributed by atoms with E-state index in [2.05, 4.69) is 10.6 Å². The van der Waals surface area contributed by atoms with Gasteiger partial charge in [0.15, 0.2) is 0 Å². The van der Waals surface area contributed by atoms with Crippen LogP contribution in [0.2, 0.25) is 0 Å². The highest BCUT2D eigenvalue weighted by Crippen LogP contribution is 2.24. The Morgan fingerprint density at radius 2 is 2.12 bits per heavy atom. The normalized spacial score (nSPS) is 18.5. The minimum atomic E-state index is -0.807. The number of hydrogen-bond donors (Lipinski definition) is 2. The van der Waals surface area contributed by atoms with Crippen LogP contribution in [0.3, 0.4) is 0 Å². The van der Waals surface area contributed by atoms with Crippen LogP contribution in [0.4, 0.5) is 8.78 Å². The molecule has 2 N–H and O–H groups in total. The molecule has 0 aliphatic carbocycles. The summed E-state index contributed by atoms with van der Waals surface area (Å²) in [6.45, 7) is 3.45. The van der Waals surface area contributed by atoms with Crippen LogP contribution in [0.1, 0.15) is 31.4 Å². The number of likely N-dealkylation sites (tertiary alicyclic amines) is 1. The molecule has 24 heavy (non-hydrogen) atoms. The van der Waals surface area contributed by atoms with Gasteiger partial charge in [0.1, 0.15) is 11.6 Å². The Kier molecular flexibility index (Phi) is 6.25. The maximum atomic E-state index is 14.0. The van der Waals surface area contributed by atoms with E-state index >= 15 is 0 Å². The summed E-state index contributed by atoms with van der Waals surface area (Å²) in [4.78, 5) is 25.6. The summed E-state index contributed by atoms with van der Waals surface area (Å²) in [7, 11) is 1.87. The Morgan fingerprint density at radius 3 is 2.75 bits per heavy atom. The Bertz CT molecular complexity index is 609. The van der Waals surface area contributed by atoms with Crippen LogP contribution >= 0.6 is 0 Å². The molecule has 0 saturated carbocycles. The lowest BCUT2D eigenvalue weighted by molar-refractivity contribution is -0.131. The van der Waals surface area contributed by atoms with Crippen molar-refractivity contribution >= 4 is 11.8 Å². The van der Waals surface area contributed by atoms with Gasteiger partial charge in [-0.1, -0.05) is 6.07 Å². The molecule has 1 aromatic carbocycles. The maximum absolute atomic E-state index is 14.0. The number of halogens is 2. The van der Waals surface area contributed by atoms with Crippen molar-refractivity contribution in [2.75, 3.05) is 26.7 Å². The van der Waals surface area contributed by atoms with E-state index in [4.69, 9.17) is 0 Å². The predicted octanol–water partition coefficient (Wildman–Crippen LogP) is 1.60. The minimum Gasteiger partial charge on any atom is -0.349 e. The van der Waals surface area contributed by atoms with Gasteiger partial charge in [-0.3, -0.25) is 9.59 Å². The molecule has 0 radical (unpaired) electrons. The number of hydrogen-bond acceptors (Lipinski definition) is 3. The third kappa shape index (κ3) is 4.74. The second-order valence-electron chi connectivity index (χ2n) is 6.18. The monoisotopic (exact) mass is 339 g/mol. The van der Waals surface area contributed by atoms with Crippen molar-refractivity contribution in [3.63, 3.8) is 0 Å². The zero-order chi connectivity index (χ0) is 17.7. The topological polar surface area (TPSA) is 61.4 Å². The van der Waals surface area contributed by atoms with Gasteiger partial charge in [-0.2, -0.15) is 0 Å². The Labute approximate surface area is 140 Å². The average Bonchev–Trinajstić information content (AvgIpc) is 2.95. The van der Waals surface area contributed by atoms with E-state index in [0.717, 1.165) is 25.1 Å². The fraction of sp³-hybridized carbons (Fsp3) is 0.529. The van der Waals surface area contributed by atoms with E-state index in [1.807, 2.05) is 7.05 Å². The van der Waals surface area contributed by atoms with Crippen molar-refractivity contribution in [1.29, 1.82) is 0 Å². The van der Waals surface area contributed by atoms with Crippen LogP contribution in [0.5, 0.6) is 0 Å². The molecule has 1 aliphatic rings. The largest absolute Gasteiger partial charge is 0.349 e. The third-order valence-corrected chi connectivity index (χ3v) is 4.23. The number of carbonyl (C=O) groups is 2. The molecule has 5 nitrogen and oxygen atoms in total. The smallest absolute Gasteiger partial charge is 0.225 e. The van der Waals surface area contributed by atoms with Crippen LogP contribution in [0, 0.1) is 17.6 Å². The molecule has 1 saturated heterocycles. The molecule has 1 aliphatic heterocycles. The van der Waals surface area contributed by atoms with E-state index in [9.17, 15) is 18.4 Å². The van der Waals surface area contributed by atoms with Crippen molar-refractivity contribution in [2.24, 2.45) is 5.92 Å². The summed E-state index contributed by atoms with van der Waals surface area (Å²) in [5.74, 6) is -1.57. The van der Waals surface area contributed by atoms with Crippen LogP contribution in [0.15, 0.2) is 18.2 Å². The van der Waals surface area contributed by atoms with E-state index < -0.39 is 17.7 Å². The Morgan fingerprint density at radius 1 is 1.38 bits per heavy atom. The number of benzene rings is 1. The van der Waals surface area contributed by atoms with Gasteiger partial charge in [0.05, 0.1) is 12.5 Å². The van der Waals surface area contributed by atoms with Crippen molar-refractivity contribution in [1.82, 2.24) is 15.5 Å². The summed E-state index contributed by atoms with van der Waals surface area (Å²) < 4.78 is 27.1. The van der Waals surface area contributed by atoms with Crippen molar-refractivity contribution in [3.05, 3.63) is 35.4 Å². The molecule has 0 spiro atoms. The standard InChI is InChI=1S/C17H23F2N3O2/c1-11(23)21-16(14-4-3-13(18)7-15(14)19)8-17(24)22-6-5-12(10-22)9-20-2/h3-4,7,12,16,20H,5-6,8-10H2,1-2H3,(H,21,23). The molecule has 7 heteroatoms. The second kappa shape index (κ2) is 8.19. The molecule has 2 unspecified atom stereocenters. The maximum Gasteiger partial charge on any atom is 0.225 e. The number of carbonyl (C=O) groups excluding carboxylic acids is 2. The fourth-order valence-corrected chi connectivity index (χ4v) is 3.09. The highest BCUT2D eigenvalue weighted by molar-refractivity contribution is 5.79. The number of rotatable bonds is 6. The second-order valence-corrected chi connectivity index (χ2v) is 6.18. The summed E-state index contributed by atoms with van der Waals surface area (Å²) in [5.41, 5.74) is 0.117. The molecule has 1 fully saturated rings. The molecular formula is C17H23F2N3O2. The SMILES string of the molecule is CNCC1CCN(C(=O)CC(NC(C)=O)c2ccc(F)cc2F)C1. The van der Waals surface area contributed by atoms with E-state index in [1.165, 1.54) is 13.0 Å². The number of nitrogens with zero attached hydrogens (tertiary/aromatic N) is 1. The van der Waals surface area contributed by atoms with Gasteiger partial charge in [0.25, 0.3) is 0 Å². The van der Waals surface area contributed by atoms with Gasteiger partial charge in [-0.05, 0) is 32.0 Å². The molecule has 2 amide bonds. The van der Waals surface area contributed by atoms with Crippen molar-refractivity contribution in [2.45, 2.75) is 25.8 Å². The van der Waals surface area contributed by atoms with Crippen LogP contribution in [-0.2, 0) is 9.59 Å². The number of amides is 2. The Hall–Kier alpha value is -2.02. The molecule has 132 valence electrons. The fourth-order valence-electron chi connectivity index (χ4n) is 3.09. The molecule has 0 aromatic heterocycles. The lowest BCUT2D eigenvalue weighted by Crippen LogP contribution is -2.35. The predicted molar refractivity (Wildman–Crippen MR) is 86.1 cm³/mol. The van der Waals surface area contributed by atoms with Gasteiger partial charge in [0, 0.05) is 31.6 Å². The summed E-state index contributed by atoms with van der Waals surface area (Å²) >= 11 is 0. The van der Waals surface area contributed by atoms with Crippen LogP contribution in [-0.4, -0.2) is 43.4 Å². The summed E-state index contributed by atoms with van der Waals surface area (Å²) in [6.07, 6.45) is 0.872. The average molecular weight is 339 g/mol. The molecule has 2 atom stereocenters. The zero-order valence-corrected chi connectivity index (χ0v) is 13.9. The highest BCUT2D eigenvalue weighted by atomic mass is 19.1. The Balaban J connectivity index is 2.08. The van der Waals surface area contributed by atoms with Crippen LogP contribution in [0.25, 0.3) is 0 Å². The van der Waals surface area contributed by atoms with Gasteiger partial charge in [0.2, 0.25) is 11.8 Å². The first-order valence-electron chi connectivity index (χ1n) is 8.05. The van der Waals surface area contributed by atoms with Crippen LogP contribution < -0.4 is 10.6 Å². The first-order chi connectivity index (χ1) is 11.4. The first kappa shape index (κ1) is 18.3.